The van der Waals surface area contributed by atoms with E-state index >= 15 is 0 Å². The van der Waals surface area contributed by atoms with E-state index < -0.39 is 0 Å². The molecule has 0 N–H and O–H groups in total. The average molecular weight is 676 g/mol. The van der Waals surface area contributed by atoms with Gasteiger partial charge >= 0.3 is 0 Å². The van der Waals surface area contributed by atoms with Crippen LogP contribution in [0.5, 0.6) is 0 Å². The van der Waals surface area contributed by atoms with Gasteiger partial charge in [-0.2, -0.15) is 0 Å². The topological polar surface area (TPSA) is 13.1 Å². The van der Waals surface area contributed by atoms with Gasteiger partial charge in [0.05, 0.1) is 22.1 Å². The Morgan fingerprint density at radius 1 is 0.264 bits per heavy atom. The fraction of sp³-hybridized carbons (Fsp3) is 0. The number of benzene rings is 9. The zero-order valence-electron chi connectivity index (χ0n) is 28.9. The monoisotopic (exact) mass is 675 g/mol. The smallest absolute Gasteiger partial charge is 0.0542 e. The van der Waals surface area contributed by atoms with Crippen molar-refractivity contribution in [3.63, 3.8) is 0 Å². The minimum atomic E-state index is 1.11. The first-order valence-corrected chi connectivity index (χ1v) is 18.2. The van der Waals surface area contributed by atoms with E-state index in [-0.39, 0.29) is 0 Å². The molecule has 2 aromatic heterocycles. The molecule has 0 aliphatic carbocycles. The summed E-state index contributed by atoms with van der Waals surface area (Å²) < 4.78 is 4.76. The second-order valence-electron chi connectivity index (χ2n) is 13.8. The molecule has 0 radical (unpaired) electrons. The molecule has 2 heterocycles. The molecule has 0 spiro atoms. The predicted molar refractivity (Wildman–Crippen MR) is 225 cm³/mol. The lowest BCUT2D eigenvalue weighted by Gasteiger charge is -2.26. The van der Waals surface area contributed by atoms with Crippen molar-refractivity contribution in [2.24, 2.45) is 0 Å². The SMILES string of the molecule is c1ccc(-n2c3ccccc3c3cc(N(c4ccc5cc6ccccc6cc5c4)c4ccc5c(c4)c4ccccc4n5-c4ccccc4)ccc32)cc1. The molecule has 3 heteroatoms. The normalized spacial score (nSPS) is 11.8. The zero-order chi connectivity index (χ0) is 34.9. The predicted octanol–water partition coefficient (Wildman–Crippen LogP) is 13.7. The van der Waals surface area contributed by atoms with E-state index in [4.69, 9.17) is 0 Å². The Bertz CT molecular complexity index is 3010. The van der Waals surface area contributed by atoms with Crippen LogP contribution in [0, 0.1) is 0 Å². The van der Waals surface area contributed by atoms with Crippen LogP contribution in [0.1, 0.15) is 0 Å². The highest BCUT2D eigenvalue weighted by molar-refractivity contribution is 6.13. The van der Waals surface area contributed by atoms with E-state index in [0.29, 0.717) is 0 Å². The number of hydrogen-bond donors (Lipinski definition) is 0. The van der Waals surface area contributed by atoms with Gasteiger partial charge in [0.2, 0.25) is 0 Å². The number of nitrogens with zero attached hydrogens (tertiary/aromatic N) is 3. The summed E-state index contributed by atoms with van der Waals surface area (Å²) in [5.74, 6) is 0. The second-order valence-corrected chi connectivity index (χ2v) is 13.8. The lowest BCUT2D eigenvalue weighted by atomic mass is 10.0. The third kappa shape index (κ3) is 4.68. The molecule has 11 rings (SSSR count). The van der Waals surface area contributed by atoms with Crippen molar-refractivity contribution in [2.45, 2.75) is 0 Å². The van der Waals surface area contributed by atoms with Gasteiger partial charge in [0.15, 0.2) is 0 Å². The Morgan fingerprint density at radius 3 is 1.21 bits per heavy atom. The molecule has 0 fully saturated rings. The number of hydrogen-bond acceptors (Lipinski definition) is 1. The number of rotatable bonds is 5. The van der Waals surface area contributed by atoms with Crippen molar-refractivity contribution in [3.05, 3.63) is 200 Å². The fourth-order valence-electron chi connectivity index (χ4n) is 8.42. The van der Waals surface area contributed by atoms with Crippen LogP contribution in [0.15, 0.2) is 200 Å². The molecule has 0 saturated heterocycles. The molecule has 53 heavy (non-hydrogen) atoms. The highest BCUT2D eigenvalue weighted by atomic mass is 15.1. The molecular formula is C50H33N3. The van der Waals surface area contributed by atoms with E-state index in [2.05, 4.69) is 214 Å². The van der Waals surface area contributed by atoms with Crippen molar-refractivity contribution < 1.29 is 0 Å². The van der Waals surface area contributed by atoms with Gasteiger partial charge in [0.1, 0.15) is 0 Å². The molecule has 0 saturated carbocycles. The van der Waals surface area contributed by atoms with Gasteiger partial charge < -0.3 is 14.0 Å². The van der Waals surface area contributed by atoms with Gasteiger partial charge in [0.25, 0.3) is 0 Å². The Balaban J connectivity index is 1.17. The fourth-order valence-corrected chi connectivity index (χ4v) is 8.42. The second kappa shape index (κ2) is 11.7. The first-order chi connectivity index (χ1) is 26.3. The minimum Gasteiger partial charge on any atom is -0.310 e. The molecule has 3 nitrogen and oxygen atoms in total. The van der Waals surface area contributed by atoms with E-state index in [1.54, 1.807) is 0 Å². The largest absolute Gasteiger partial charge is 0.310 e. The molecule has 248 valence electrons. The first-order valence-electron chi connectivity index (χ1n) is 18.2. The Kier molecular flexibility index (Phi) is 6.55. The summed E-state index contributed by atoms with van der Waals surface area (Å²) in [4.78, 5) is 2.43. The molecular weight excluding hydrogens is 643 g/mol. The molecule has 0 amide bonds. The Morgan fingerprint density at radius 2 is 0.660 bits per heavy atom. The number of fused-ring (bicyclic) bond motifs is 8. The van der Waals surface area contributed by atoms with Crippen molar-refractivity contribution in [2.75, 3.05) is 4.90 Å². The van der Waals surface area contributed by atoms with Crippen molar-refractivity contribution in [1.82, 2.24) is 9.13 Å². The lowest BCUT2D eigenvalue weighted by Crippen LogP contribution is -2.10. The maximum Gasteiger partial charge on any atom is 0.0542 e. The molecule has 0 aliphatic rings. The number of aromatic nitrogens is 2. The molecule has 0 bridgehead atoms. The van der Waals surface area contributed by atoms with Gasteiger partial charge in [-0.25, -0.2) is 0 Å². The summed E-state index contributed by atoms with van der Waals surface area (Å²) in [7, 11) is 0. The van der Waals surface area contributed by atoms with E-state index in [1.807, 2.05) is 0 Å². The summed E-state index contributed by atoms with van der Waals surface area (Å²) in [5.41, 5.74) is 10.4. The van der Waals surface area contributed by atoms with Crippen LogP contribution in [0.25, 0.3) is 76.5 Å². The zero-order valence-corrected chi connectivity index (χ0v) is 28.9. The van der Waals surface area contributed by atoms with Crippen LogP contribution >= 0.6 is 0 Å². The summed E-state index contributed by atoms with van der Waals surface area (Å²) in [5, 5.41) is 9.86. The minimum absolute atomic E-state index is 1.11. The highest BCUT2D eigenvalue weighted by Gasteiger charge is 2.20. The van der Waals surface area contributed by atoms with Crippen LogP contribution in [0.4, 0.5) is 17.1 Å². The first kappa shape index (κ1) is 29.6. The van der Waals surface area contributed by atoms with E-state index in [1.165, 1.54) is 65.2 Å². The number of anilines is 3. The van der Waals surface area contributed by atoms with Gasteiger partial charge in [-0.15, -0.1) is 0 Å². The summed E-state index contributed by atoms with van der Waals surface area (Å²) in [6.45, 7) is 0. The Labute approximate surface area is 306 Å². The summed E-state index contributed by atoms with van der Waals surface area (Å²) >= 11 is 0. The van der Waals surface area contributed by atoms with Crippen LogP contribution in [-0.2, 0) is 0 Å². The van der Waals surface area contributed by atoms with E-state index in [0.717, 1.165) is 28.4 Å². The quantitative estimate of drug-likeness (QED) is 0.166. The number of para-hydroxylation sites is 4. The molecule has 0 unspecified atom stereocenters. The van der Waals surface area contributed by atoms with Crippen LogP contribution in [-0.4, -0.2) is 9.13 Å². The van der Waals surface area contributed by atoms with Gasteiger partial charge in [-0.05, 0) is 119 Å². The van der Waals surface area contributed by atoms with Gasteiger partial charge in [-0.1, -0.05) is 103 Å². The van der Waals surface area contributed by atoms with Gasteiger partial charge in [-0.3, -0.25) is 0 Å². The van der Waals surface area contributed by atoms with Gasteiger partial charge in [0, 0.05) is 50.0 Å². The van der Waals surface area contributed by atoms with Crippen LogP contribution in [0.2, 0.25) is 0 Å². The van der Waals surface area contributed by atoms with Crippen LogP contribution < -0.4 is 4.90 Å². The molecule has 0 aliphatic heterocycles. The molecule has 11 aromatic rings. The Hall–Kier alpha value is -7.10. The summed E-state index contributed by atoms with van der Waals surface area (Å²) in [6, 6.07) is 72.9. The standard InChI is InChI=1S/C50H33N3/c1-3-15-38(16-4-1)52-47-21-11-9-19-43(47)45-32-41(25-27-49(45)52)51(40-24-23-36-29-34-13-7-8-14-35(34)30-37(36)31-40)42-26-28-50-46(33-42)44-20-10-12-22-48(44)53(50)39-17-5-2-6-18-39/h1-33H. The van der Waals surface area contributed by atoms with E-state index in [9.17, 15) is 0 Å². The maximum absolute atomic E-state index is 2.43. The third-order valence-electron chi connectivity index (χ3n) is 10.8. The summed E-state index contributed by atoms with van der Waals surface area (Å²) in [6.07, 6.45) is 0. The van der Waals surface area contributed by atoms with Crippen molar-refractivity contribution in [3.8, 4) is 11.4 Å². The highest BCUT2D eigenvalue weighted by Crippen LogP contribution is 2.43. The molecule has 9 aromatic carbocycles. The average Bonchev–Trinajstić information content (AvgIpc) is 3.73. The van der Waals surface area contributed by atoms with Crippen LogP contribution in [0.3, 0.4) is 0 Å². The third-order valence-corrected chi connectivity index (χ3v) is 10.8. The van der Waals surface area contributed by atoms with Crippen molar-refractivity contribution >= 4 is 82.2 Å². The molecule has 0 atom stereocenters. The lowest BCUT2D eigenvalue weighted by molar-refractivity contribution is 1.18. The van der Waals surface area contributed by atoms with Crippen molar-refractivity contribution in [1.29, 1.82) is 0 Å². The maximum atomic E-state index is 2.43.